The Hall–Kier alpha value is -5.76. The summed E-state index contributed by atoms with van der Waals surface area (Å²) in [6.45, 7) is 11.9. The third kappa shape index (κ3) is 20.5. The predicted octanol–water partition coefficient (Wildman–Crippen LogP) is -2.41. The van der Waals surface area contributed by atoms with Gasteiger partial charge in [-0.25, -0.2) is 4.79 Å². The molecule has 2 rings (SSSR count). The maximum Gasteiger partial charge on any atom is 0.312 e. The second-order valence-electron chi connectivity index (χ2n) is 19.6. The molecule has 420 valence electrons. The molecule has 2 aliphatic heterocycles. The lowest BCUT2D eigenvalue weighted by Crippen LogP contribution is -2.63. The van der Waals surface area contributed by atoms with Crippen LogP contribution in [0.25, 0.3) is 0 Å². The van der Waals surface area contributed by atoms with E-state index < -0.39 is 150 Å². The van der Waals surface area contributed by atoms with Crippen LogP contribution in [0.5, 0.6) is 0 Å². The summed E-state index contributed by atoms with van der Waals surface area (Å²) in [6.07, 6.45) is 1.79. The molecular weight excluding hydrogens is 983 g/mol. The van der Waals surface area contributed by atoms with Crippen LogP contribution in [0, 0.1) is 17.8 Å². The van der Waals surface area contributed by atoms with E-state index in [0.717, 1.165) is 0 Å². The standard InChI is InChI=1S/C48H85N13O12S/c1-9-26(5)36-44(69)56-32(16-13-22-52-48(51)73)47(72)61-23-14-17-33(61)42(67)59-37(27(6)10-2)45(70)57-35(25(3)4)43(68)60-38(28(7)62)46(71)55-30(18-19-34(50)63)39(64)54-31(20-24-74-8)40(65)53-29(41(66)58-36)15-11-12-21-49/h25-33,35-38,62H,9-24,49H2,1-8H3,(H2,50,63)(H,53,65)(H,54,64)(H,55,71)(H,56,69)(H,57,70)(H,58,66)(H,59,67)(H,60,68)(H3,51,52,73)/t26-,27-,28+,29-,30+,31+,32-,33-,35-,36-,37-,38-/m0/s1. The number of fused-ring (bicyclic) bond motifs is 1. The minimum atomic E-state index is -1.73. The van der Waals surface area contributed by atoms with Crippen LogP contribution in [0.4, 0.5) is 4.79 Å². The van der Waals surface area contributed by atoms with Gasteiger partial charge in [-0.05, 0) is 101 Å². The molecule has 0 spiro atoms. The number of urea groups is 1. The number of nitrogens with two attached hydrogens (primary N) is 3. The predicted molar refractivity (Wildman–Crippen MR) is 277 cm³/mol. The van der Waals surface area contributed by atoms with Gasteiger partial charge in [0, 0.05) is 19.5 Å². The SMILES string of the molecule is CC[C@H](C)[C@@H]1NC(=O)[C@H](CCCCN)NC(=O)[C@@H](CCSC)NC(=O)[C@@H](CCC(N)=O)NC(=O)[C@H]([C@@H](C)O)NC(=O)[C@H](C(C)C)NC(=O)[C@H]([C@@H](C)CC)NC(=O)[C@@H]2CCCN2C(=O)[C@H](CCCNC(N)=O)NC1=O. The third-order valence-corrected chi connectivity index (χ3v) is 14.1. The molecule has 25 nitrogen and oxygen atoms in total. The van der Waals surface area contributed by atoms with Crippen molar-refractivity contribution < 1.29 is 57.8 Å². The molecule has 0 aromatic carbocycles. The van der Waals surface area contributed by atoms with Gasteiger partial charge in [0.25, 0.3) is 0 Å². The van der Waals surface area contributed by atoms with Crippen LogP contribution in [-0.2, 0) is 47.9 Å². The van der Waals surface area contributed by atoms with Crippen molar-refractivity contribution in [2.24, 2.45) is 35.0 Å². The largest absolute Gasteiger partial charge is 0.391 e. The van der Waals surface area contributed by atoms with E-state index in [4.69, 9.17) is 17.2 Å². The lowest BCUT2D eigenvalue weighted by molar-refractivity contribution is -0.143. The van der Waals surface area contributed by atoms with Crippen molar-refractivity contribution >= 4 is 76.9 Å². The molecule has 0 saturated carbocycles. The number of aliphatic hydroxyl groups excluding tert-OH is 1. The van der Waals surface area contributed by atoms with Gasteiger partial charge in [0.2, 0.25) is 59.1 Å². The molecule has 26 heteroatoms. The summed E-state index contributed by atoms with van der Waals surface area (Å²) < 4.78 is 0. The van der Waals surface area contributed by atoms with Crippen molar-refractivity contribution in [1.29, 1.82) is 0 Å². The first kappa shape index (κ1) is 64.4. The second-order valence-corrected chi connectivity index (χ2v) is 20.6. The Morgan fingerprint density at radius 2 is 1.08 bits per heavy atom. The number of aliphatic hydroxyl groups is 1. The highest BCUT2D eigenvalue weighted by Gasteiger charge is 2.42. The number of amides is 12. The first-order chi connectivity index (χ1) is 34.9. The van der Waals surface area contributed by atoms with Gasteiger partial charge < -0.3 is 75.1 Å². The highest BCUT2D eigenvalue weighted by Crippen LogP contribution is 2.22. The van der Waals surface area contributed by atoms with E-state index in [1.54, 1.807) is 47.8 Å². The molecule has 0 radical (unpaired) electrons. The van der Waals surface area contributed by atoms with E-state index in [9.17, 15) is 57.8 Å². The Bertz CT molecular complexity index is 1950. The topological polar surface area (TPSA) is 398 Å². The van der Waals surface area contributed by atoms with Gasteiger partial charge >= 0.3 is 6.03 Å². The fourth-order valence-corrected chi connectivity index (χ4v) is 8.97. The van der Waals surface area contributed by atoms with E-state index in [1.807, 2.05) is 0 Å². The van der Waals surface area contributed by atoms with Crippen LogP contribution in [0.3, 0.4) is 0 Å². The molecule has 16 N–H and O–H groups in total. The zero-order chi connectivity index (χ0) is 55.8. The van der Waals surface area contributed by atoms with Crippen LogP contribution in [-0.4, -0.2) is 167 Å². The van der Waals surface area contributed by atoms with Crippen LogP contribution < -0.4 is 65.1 Å². The molecule has 2 heterocycles. The Kier molecular flexibility index (Phi) is 28.3. The summed E-state index contributed by atoms with van der Waals surface area (Å²) in [5.74, 6) is -9.45. The van der Waals surface area contributed by atoms with Crippen molar-refractivity contribution in [2.75, 3.05) is 31.6 Å². The Balaban J connectivity index is 2.86. The Morgan fingerprint density at radius 3 is 1.61 bits per heavy atom. The molecule has 74 heavy (non-hydrogen) atoms. The summed E-state index contributed by atoms with van der Waals surface area (Å²) in [7, 11) is 0. The number of thioether (sulfide) groups is 1. The summed E-state index contributed by atoms with van der Waals surface area (Å²) in [5.41, 5.74) is 16.5. The van der Waals surface area contributed by atoms with Gasteiger partial charge in [0.15, 0.2) is 0 Å². The summed E-state index contributed by atoms with van der Waals surface area (Å²) in [6, 6.07) is -12.9. The third-order valence-electron chi connectivity index (χ3n) is 13.5. The maximum atomic E-state index is 14.6. The maximum absolute atomic E-state index is 14.6. The molecule has 2 aliphatic rings. The number of rotatable bonds is 20. The van der Waals surface area contributed by atoms with E-state index in [1.165, 1.54) is 23.6 Å². The fraction of sp³-hybridized carbons (Fsp3) is 0.771. The van der Waals surface area contributed by atoms with Crippen molar-refractivity contribution in [3.05, 3.63) is 0 Å². The number of carbonyl (C=O) groups is 11. The highest BCUT2D eigenvalue weighted by atomic mass is 32.2. The molecule has 0 unspecified atom stereocenters. The quantitative estimate of drug-likeness (QED) is 0.0566. The van der Waals surface area contributed by atoms with E-state index in [2.05, 4.69) is 47.9 Å². The zero-order valence-corrected chi connectivity index (χ0v) is 45.2. The van der Waals surface area contributed by atoms with Crippen molar-refractivity contribution in [2.45, 2.75) is 186 Å². The Morgan fingerprint density at radius 1 is 0.622 bits per heavy atom. The first-order valence-corrected chi connectivity index (χ1v) is 27.2. The van der Waals surface area contributed by atoms with Gasteiger partial charge in [0.05, 0.1) is 6.10 Å². The molecule has 0 aliphatic carbocycles. The van der Waals surface area contributed by atoms with Crippen molar-refractivity contribution in [1.82, 2.24) is 52.8 Å². The zero-order valence-electron chi connectivity index (χ0n) is 44.3. The van der Waals surface area contributed by atoms with Gasteiger partial charge in [-0.3, -0.25) is 47.9 Å². The summed E-state index contributed by atoms with van der Waals surface area (Å²) in [5, 5.41) is 34.6. The normalized spacial score (nSPS) is 26.9. The van der Waals surface area contributed by atoms with Gasteiger partial charge in [-0.2, -0.15) is 11.8 Å². The minimum absolute atomic E-state index is 0.0280. The molecular formula is C48H85N13O12S. The molecule has 12 atom stereocenters. The number of nitrogens with zero attached hydrogens (tertiary/aromatic N) is 1. The number of primary amides is 2. The van der Waals surface area contributed by atoms with Gasteiger partial charge in [0.1, 0.15) is 54.4 Å². The molecule has 12 amide bonds. The van der Waals surface area contributed by atoms with Crippen molar-refractivity contribution in [3.8, 4) is 0 Å². The molecule has 0 aromatic heterocycles. The molecule has 0 aromatic rings. The number of hydrogen-bond donors (Lipinski definition) is 13. The lowest BCUT2D eigenvalue weighted by Gasteiger charge is -2.33. The van der Waals surface area contributed by atoms with E-state index in [0.29, 0.717) is 37.9 Å². The lowest BCUT2D eigenvalue weighted by atomic mass is 9.95. The first-order valence-electron chi connectivity index (χ1n) is 25.8. The summed E-state index contributed by atoms with van der Waals surface area (Å²) in [4.78, 5) is 153. The van der Waals surface area contributed by atoms with Crippen LogP contribution in [0.1, 0.15) is 126 Å². The van der Waals surface area contributed by atoms with E-state index >= 15 is 0 Å². The number of hydrogen-bond acceptors (Lipinski definition) is 14. The second kappa shape index (κ2) is 32.5. The number of nitrogens with one attached hydrogen (secondary N) is 9. The monoisotopic (exact) mass is 1070 g/mol. The molecule has 2 saturated heterocycles. The molecule has 0 bridgehead atoms. The minimum Gasteiger partial charge on any atom is -0.391 e. The average Bonchev–Trinajstić information content (AvgIpc) is 3.85. The summed E-state index contributed by atoms with van der Waals surface area (Å²) >= 11 is 1.35. The fourth-order valence-electron chi connectivity index (χ4n) is 8.50. The van der Waals surface area contributed by atoms with Crippen LogP contribution >= 0.6 is 11.8 Å². The van der Waals surface area contributed by atoms with Crippen LogP contribution in [0.15, 0.2) is 0 Å². The van der Waals surface area contributed by atoms with Gasteiger partial charge in [-0.15, -0.1) is 0 Å². The van der Waals surface area contributed by atoms with Crippen molar-refractivity contribution in [3.63, 3.8) is 0 Å². The molecule has 2 fully saturated rings. The Labute approximate surface area is 438 Å². The van der Waals surface area contributed by atoms with Gasteiger partial charge in [-0.1, -0.05) is 54.4 Å². The number of unbranched alkanes of at least 4 members (excludes halogenated alkanes) is 1. The highest BCUT2D eigenvalue weighted by molar-refractivity contribution is 7.98. The van der Waals surface area contributed by atoms with Crippen LogP contribution in [0.2, 0.25) is 0 Å². The average molecular weight is 1070 g/mol. The van der Waals surface area contributed by atoms with E-state index in [-0.39, 0.29) is 58.2 Å². The smallest absolute Gasteiger partial charge is 0.312 e. The number of carbonyl (C=O) groups excluding carboxylic acids is 11.